The summed E-state index contributed by atoms with van der Waals surface area (Å²) in [6.07, 6.45) is 8.43. The Bertz CT molecular complexity index is 355. The first-order valence-electron chi connectivity index (χ1n) is 6.99. The van der Waals surface area contributed by atoms with E-state index < -0.39 is 0 Å². The number of ether oxygens (including phenoxy) is 1. The summed E-state index contributed by atoms with van der Waals surface area (Å²) in [5.74, 6) is 0. The van der Waals surface area contributed by atoms with Crippen molar-refractivity contribution in [2.45, 2.75) is 32.4 Å². The van der Waals surface area contributed by atoms with E-state index in [1.807, 2.05) is 6.07 Å². The van der Waals surface area contributed by atoms with E-state index in [1.54, 1.807) is 0 Å². The number of hydrogen-bond donors (Lipinski definition) is 0. The molecule has 0 saturated carbocycles. The van der Waals surface area contributed by atoms with Crippen LogP contribution in [-0.2, 0) is 4.74 Å². The van der Waals surface area contributed by atoms with Crippen molar-refractivity contribution in [1.82, 2.24) is 4.90 Å². The molecule has 18 heavy (non-hydrogen) atoms. The Kier molecular flexibility index (Phi) is 5.43. The molecule has 1 saturated heterocycles. The standard InChI is InChI=1S/C16H23NO/c1-2-18-16(17-13-7-4-8-14-17)12-11-15-9-5-3-6-10-15/h3,5-6,9-12,16H,2,4,7-8,13-14H2,1H3. The zero-order chi connectivity index (χ0) is 12.6. The van der Waals surface area contributed by atoms with Crippen molar-refractivity contribution < 1.29 is 4.74 Å². The molecule has 1 aromatic carbocycles. The van der Waals surface area contributed by atoms with Crippen molar-refractivity contribution in [2.75, 3.05) is 19.7 Å². The molecule has 1 heterocycles. The second kappa shape index (κ2) is 7.34. The molecule has 0 aliphatic carbocycles. The van der Waals surface area contributed by atoms with Gasteiger partial charge in [-0.3, -0.25) is 4.90 Å². The van der Waals surface area contributed by atoms with E-state index in [0.717, 1.165) is 19.7 Å². The van der Waals surface area contributed by atoms with Gasteiger partial charge in [0.25, 0.3) is 0 Å². The van der Waals surface area contributed by atoms with Crippen LogP contribution in [0.1, 0.15) is 31.7 Å². The Morgan fingerprint density at radius 2 is 1.89 bits per heavy atom. The molecule has 1 unspecified atom stereocenters. The van der Waals surface area contributed by atoms with Gasteiger partial charge in [0.05, 0.1) is 0 Å². The van der Waals surface area contributed by atoms with Crippen molar-refractivity contribution in [1.29, 1.82) is 0 Å². The topological polar surface area (TPSA) is 12.5 Å². The molecule has 0 radical (unpaired) electrons. The van der Waals surface area contributed by atoms with Crippen molar-refractivity contribution in [3.05, 3.63) is 42.0 Å². The molecule has 2 heteroatoms. The van der Waals surface area contributed by atoms with Gasteiger partial charge in [-0.2, -0.15) is 0 Å². The van der Waals surface area contributed by atoms with Crippen molar-refractivity contribution in [3.8, 4) is 0 Å². The minimum atomic E-state index is 0.135. The summed E-state index contributed by atoms with van der Waals surface area (Å²) in [7, 11) is 0. The predicted octanol–water partition coefficient (Wildman–Crippen LogP) is 3.55. The SMILES string of the molecule is CCOC(C=Cc1ccccc1)N1CCCCC1. The van der Waals surface area contributed by atoms with Gasteiger partial charge in [0.2, 0.25) is 0 Å². The highest BCUT2D eigenvalue weighted by Crippen LogP contribution is 2.15. The second-order valence-corrected chi connectivity index (χ2v) is 4.71. The first kappa shape index (κ1) is 13.3. The van der Waals surface area contributed by atoms with E-state index in [2.05, 4.69) is 48.2 Å². The highest BCUT2D eigenvalue weighted by molar-refractivity contribution is 5.49. The van der Waals surface area contributed by atoms with Gasteiger partial charge in [0.15, 0.2) is 0 Å². The lowest BCUT2D eigenvalue weighted by Crippen LogP contribution is -2.39. The third-order valence-electron chi connectivity index (χ3n) is 3.34. The molecule has 0 amide bonds. The fourth-order valence-electron chi connectivity index (χ4n) is 2.38. The molecule has 2 nitrogen and oxygen atoms in total. The molecule has 98 valence electrons. The van der Waals surface area contributed by atoms with E-state index in [4.69, 9.17) is 4.74 Å². The first-order valence-corrected chi connectivity index (χ1v) is 6.99. The van der Waals surface area contributed by atoms with Gasteiger partial charge in [-0.25, -0.2) is 0 Å². The summed E-state index contributed by atoms with van der Waals surface area (Å²) in [6.45, 7) is 5.14. The van der Waals surface area contributed by atoms with Crippen LogP contribution in [0.25, 0.3) is 6.08 Å². The monoisotopic (exact) mass is 245 g/mol. The van der Waals surface area contributed by atoms with Crippen LogP contribution in [0.3, 0.4) is 0 Å². The van der Waals surface area contributed by atoms with Crippen LogP contribution in [-0.4, -0.2) is 30.8 Å². The Labute approximate surface area is 110 Å². The Morgan fingerprint density at radius 1 is 1.17 bits per heavy atom. The Hall–Kier alpha value is -1.12. The number of nitrogens with zero attached hydrogens (tertiary/aromatic N) is 1. The molecule has 0 aromatic heterocycles. The van der Waals surface area contributed by atoms with Gasteiger partial charge in [0, 0.05) is 19.7 Å². The zero-order valence-electron chi connectivity index (χ0n) is 11.2. The minimum absolute atomic E-state index is 0.135. The molecule has 0 spiro atoms. The molecule has 1 aromatic rings. The van der Waals surface area contributed by atoms with Crippen LogP contribution in [0, 0.1) is 0 Å². The summed E-state index contributed by atoms with van der Waals surface area (Å²) < 4.78 is 5.84. The Morgan fingerprint density at radius 3 is 2.56 bits per heavy atom. The maximum Gasteiger partial charge on any atom is 0.130 e. The van der Waals surface area contributed by atoms with Crippen LogP contribution in [0.15, 0.2) is 36.4 Å². The molecular weight excluding hydrogens is 222 g/mol. The van der Waals surface area contributed by atoms with E-state index in [9.17, 15) is 0 Å². The summed E-state index contributed by atoms with van der Waals surface area (Å²) in [5, 5.41) is 0. The van der Waals surface area contributed by atoms with Crippen LogP contribution < -0.4 is 0 Å². The molecule has 1 aliphatic heterocycles. The van der Waals surface area contributed by atoms with Crippen molar-refractivity contribution in [2.24, 2.45) is 0 Å². The van der Waals surface area contributed by atoms with Crippen LogP contribution in [0.2, 0.25) is 0 Å². The number of likely N-dealkylation sites (tertiary alicyclic amines) is 1. The van der Waals surface area contributed by atoms with E-state index in [1.165, 1.54) is 24.8 Å². The number of piperidine rings is 1. The maximum absolute atomic E-state index is 5.84. The fraction of sp³-hybridized carbons (Fsp3) is 0.500. The molecule has 1 aliphatic rings. The summed E-state index contributed by atoms with van der Waals surface area (Å²) in [4.78, 5) is 2.44. The molecule has 1 fully saturated rings. The third kappa shape index (κ3) is 3.97. The number of benzene rings is 1. The van der Waals surface area contributed by atoms with Gasteiger partial charge in [0.1, 0.15) is 6.23 Å². The second-order valence-electron chi connectivity index (χ2n) is 4.71. The largest absolute Gasteiger partial charge is 0.360 e. The van der Waals surface area contributed by atoms with E-state index in [0.29, 0.717) is 0 Å². The highest BCUT2D eigenvalue weighted by atomic mass is 16.5. The molecule has 0 N–H and O–H groups in total. The van der Waals surface area contributed by atoms with Crippen molar-refractivity contribution >= 4 is 6.08 Å². The Balaban J connectivity index is 1.98. The fourth-order valence-corrected chi connectivity index (χ4v) is 2.38. The zero-order valence-corrected chi connectivity index (χ0v) is 11.2. The number of rotatable bonds is 5. The lowest BCUT2D eigenvalue weighted by Gasteiger charge is -2.32. The number of hydrogen-bond acceptors (Lipinski definition) is 2. The van der Waals surface area contributed by atoms with Gasteiger partial charge >= 0.3 is 0 Å². The quantitative estimate of drug-likeness (QED) is 0.786. The molecule has 1 atom stereocenters. The van der Waals surface area contributed by atoms with E-state index >= 15 is 0 Å². The van der Waals surface area contributed by atoms with E-state index in [-0.39, 0.29) is 6.23 Å². The maximum atomic E-state index is 5.84. The van der Waals surface area contributed by atoms with Crippen LogP contribution in [0.4, 0.5) is 0 Å². The van der Waals surface area contributed by atoms with Crippen LogP contribution in [0.5, 0.6) is 0 Å². The van der Waals surface area contributed by atoms with Gasteiger partial charge in [-0.05, 0) is 31.4 Å². The lowest BCUT2D eigenvalue weighted by atomic mass is 10.1. The smallest absolute Gasteiger partial charge is 0.130 e. The van der Waals surface area contributed by atoms with Gasteiger partial charge < -0.3 is 4.74 Å². The van der Waals surface area contributed by atoms with Gasteiger partial charge in [-0.15, -0.1) is 0 Å². The minimum Gasteiger partial charge on any atom is -0.360 e. The lowest BCUT2D eigenvalue weighted by molar-refractivity contribution is -0.0300. The average molecular weight is 245 g/mol. The first-order chi connectivity index (χ1) is 8.90. The summed E-state index contributed by atoms with van der Waals surface area (Å²) in [6, 6.07) is 10.4. The highest BCUT2D eigenvalue weighted by Gasteiger charge is 2.17. The average Bonchev–Trinajstić information content (AvgIpc) is 2.45. The van der Waals surface area contributed by atoms with Gasteiger partial charge in [-0.1, -0.05) is 42.8 Å². The third-order valence-corrected chi connectivity index (χ3v) is 3.34. The summed E-state index contributed by atoms with van der Waals surface area (Å²) in [5.41, 5.74) is 1.24. The van der Waals surface area contributed by atoms with Crippen LogP contribution >= 0.6 is 0 Å². The molecular formula is C16H23NO. The normalized spacial score (nSPS) is 19.2. The van der Waals surface area contributed by atoms with Crippen molar-refractivity contribution in [3.63, 3.8) is 0 Å². The molecule has 0 bridgehead atoms. The molecule has 2 rings (SSSR count). The predicted molar refractivity (Wildman–Crippen MR) is 76.3 cm³/mol. The summed E-state index contributed by atoms with van der Waals surface area (Å²) >= 11 is 0.